The van der Waals surface area contributed by atoms with Crippen molar-refractivity contribution in [1.29, 1.82) is 0 Å². The second-order valence-corrected chi connectivity index (χ2v) is 9.03. The molecule has 4 nitrogen and oxygen atoms in total. The summed E-state index contributed by atoms with van der Waals surface area (Å²) in [4.78, 5) is 19.1. The van der Waals surface area contributed by atoms with Crippen LogP contribution >= 0.6 is 7.60 Å². The van der Waals surface area contributed by atoms with Gasteiger partial charge in [-0.3, -0.25) is 4.57 Å². The van der Waals surface area contributed by atoms with E-state index in [1.165, 1.54) is 12.2 Å². The van der Waals surface area contributed by atoms with Crippen LogP contribution in [0.1, 0.15) is 60.8 Å². The maximum absolute atomic E-state index is 11.7. The first kappa shape index (κ1) is 22.2. The quantitative estimate of drug-likeness (QED) is 0.316. The summed E-state index contributed by atoms with van der Waals surface area (Å²) in [5.41, 5.74) is 0.102. The maximum atomic E-state index is 11.7. The van der Waals surface area contributed by atoms with E-state index < -0.39 is 7.60 Å². The molecule has 0 amide bonds. The van der Waals surface area contributed by atoms with Crippen molar-refractivity contribution in [3.05, 3.63) is 35.9 Å². The van der Waals surface area contributed by atoms with E-state index in [1.54, 1.807) is 6.08 Å². The minimum absolute atomic E-state index is 0.0967. The van der Waals surface area contributed by atoms with Crippen molar-refractivity contribution in [3.8, 4) is 0 Å². The molecule has 134 valence electrons. The van der Waals surface area contributed by atoms with Gasteiger partial charge in [-0.25, -0.2) is 0 Å². The van der Waals surface area contributed by atoms with Crippen LogP contribution in [0.15, 0.2) is 35.9 Å². The lowest BCUT2D eigenvalue weighted by molar-refractivity contribution is 0.0773. The maximum Gasteiger partial charge on any atom is 0.359 e. The molecule has 23 heavy (non-hydrogen) atoms. The summed E-state index contributed by atoms with van der Waals surface area (Å²) in [5, 5.41) is -0.111. The van der Waals surface area contributed by atoms with Crippen molar-refractivity contribution >= 4 is 7.60 Å². The summed E-state index contributed by atoms with van der Waals surface area (Å²) in [6.45, 7) is 16.7. The van der Waals surface area contributed by atoms with Gasteiger partial charge in [0.05, 0.1) is 6.61 Å². The Hall–Kier alpha value is -0.830. The first-order chi connectivity index (χ1) is 10.4. The van der Waals surface area contributed by atoms with Gasteiger partial charge in [-0.1, -0.05) is 60.6 Å². The summed E-state index contributed by atoms with van der Waals surface area (Å²) in [6, 6.07) is 0. The highest BCUT2D eigenvalue weighted by Gasteiger charge is 2.30. The molecule has 0 saturated carbocycles. The molecule has 0 fully saturated rings. The fourth-order valence-electron chi connectivity index (χ4n) is 2.60. The van der Waals surface area contributed by atoms with Crippen LogP contribution in [-0.2, 0) is 9.30 Å². The third kappa shape index (κ3) is 8.55. The number of hydrogen-bond acceptors (Lipinski definition) is 2. The molecule has 0 saturated heterocycles. The Morgan fingerprint density at radius 2 is 1.74 bits per heavy atom. The first-order valence-corrected chi connectivity index (χ1v) is 9.72. The molecule has 0 aliphatic heterocycles. The Bertz CT molecular complexity index is 495. The summed E-state index contributed by atoms with van der Waals surface area (Å²) in [6.07, 6.45) is 7.06. The Morgan fingerprint density at radius 3 is 2.13 bits per heavy atom. The molecule has 0 aromatic carbocycles. The van der Waals surface area contributed by atoms with Crippen LogP contribution in [0.3, 0.4) is 0 Å². The minimum atomic E-state index is -4.41. The van der Waals surface area contributed by atoms with Crippen LogP contribution in [-0.4, -0.2) is 16.4 Å². The smallest absolute Gasteiger partial charge is 0.359 e. The van der Waals surface area contributed by atoms with Gasteiger partial charge in [-0.05, 0) is 35.8 Å². The lowest BCUT2D eigenvalue weighted by atomic mass is 9.74. The second kappa shape index (κ2) is 8.86. The van der Waals surface area contributed by atoms with E-state index in [1.807, 2.05) is 6.92 Å². The summed E-state index contributed by atoms with van der Waals surface area (Å²) in [5.74, 6) is 0.253. The van der Waals surface area contributed by atoms with Gasteiger partial charge in [-0.2, -0.15) is 0 Å². The van der Waals surface area contributed by atoms with Gasteiger partial charge in [0.2, 0.25) is 0 Å². The monoisotopic (exact) mass is 344 g/mol. The molecule has 0 atom stereocenters. The van der Waals surface area contributed by atoms with Crippen molar-refractivity contribution in [2.45, 2.75) is 60.8 Å². The Morgan fingerprint density at radius 1 is 1.17 bits per heavy atom. The third-order valence-corrected chi connectivity index (χ3v) is 4.76. The Balaban J connectivity index is 5.26. The molecule has 0 heterocycles. The molecule has 0 spiro atoms. The Kier molecular flexibility index (Phi) is 8.54. The molecular formula is C18H33O4P. The van der Waals surface area contributed by atoms with Crippen LogP contribution in [0.5, 0.6) is 0 Å². The highest BCUT2D eigenvalue weighted by molar-refractivity contribution is 7.56. The second-order valence-electron chi connectivity index (χ2n) is 7.46. The zero-order chi connectivity index (χ0) is 18.3. The van der Waals surface area contributed by atoms with E-state index in [-0.39, 0.29) is 21.9 Å². The van der Waals surface area contributed by atoms with E-state index in [0.29, 0.717) is 13.0 Å². The highest BCUT2D eigenvalue weighted by atomic mass is 31.2. The van der Waals surface area contributed by atoms with Crippen LogP contribution in [0.4, 0.5) is 0 Å². The average Bonchev–Trinajstić information content (AvgIpc) is 2.39. The van der Waals surface area contributed by atoms with Gasteiger partial charge < -0.3 is 14.5 Å². The highest BCUT2D eigenvalue weighted by Crippen LogP contribution is 2.49. The summed E-state index contributed by atoms with van der Waals surface area (Å²) < 4.78 is 17.5. The van der Waals surface area contributed by atoms with Crippen LogP contribution in [0.2, 0.25) is 0 Å². The molecule has 5 heteroatoms. The molecule has 0 aliphatic rings. The number of allylic oxidation sites excluding steroid dienone is 4. The van der Waals surface area contributed by atoms with Gasteiger partial charge in [-0.15, -0.1) is 0 Å². The zero-order valence-corrected chi connectivity index (χ0v) is 16.3. The largest absolute Gasteiger partial charge is 0.492 e. The zero-order valence-electron chi connectivity index (χ0n) is 15.4. The Labute approximate surface area is 141 Å². The first-order valence-electron chi connectivity index (χ1n) is 8.10. The number of ether oxygens (including phenoxy) is 1. The molecular weight excluding hydrogens is 311 g/mol. The van der Waals surface area contributed by atoms with Crippen molar-refractivity contribution in [2.75, 3.05) is 6.61 Å². The summed E-state index contributed by atoms with van der Waals surface area (Å²) >= 11 is 0. The molecule has 0 radical (unpaired) electrons. The SMILES string of the molecule is C=C/C=C(\C(=C/CC)OCC(C)(C)CC(C)(C)CC)P(=O)(O)O. The molecule has 0 aliphatic carbocycles. The van der Waals surface area contributed by atoms with Gasteiger partial charge in [0, 0.05) is 0 Å². The van der Waals surface area contributed by atoms with E-state index in [0.717, 1.165) is 12.8 Å². The predicted octanol–water partition coefficient (Wildman–Crippen LogP) is 5.40. The molecule has 0 rings (SSSR count). The number of rotatable bonds is 10. The normalized spacial score (nSPS) is 14.8. The van der Waals surface area contributed by atoms with Crippen molar-refractivity contribution in [1.82, 2.24) is 0 Å². The molecule has 2 N–H and O–H groups in total. The van der Waals surface area contributed by atoms with Crippen LogP contribution in [0, 0.1) is 10.8 Å². The van der Waals surface area contributed by atoms with E-state index in [4.69, 9.17) is 4.74 Å². The van der Waals surface area contributed by atoms with E-state index >= 15 is 0 Å². The fraction of sp³-hybridized carbons (Fsp3) is 0.667. The van der Waals surface area contributed by atoms with Crippen molar-refractivity contribution in [3.63, 3.8) is 0 Å². The van der Waals surface area contributed by atoms with Gasteiger partial charge in [0.1, 0.15) is 11.1 Å². The molecule has 0 aromatic rings. The van der Waals surface area contributed by atoms with Crippen molar-refractivity contribution < 1.29 is 19.1 Å². The van der Waals surface area contributed by atoms with Crippen LogP contribution in [0.25, 0.3) is 0 Å². The summed E-state index contributed by atoms with van der Waals surface area (Å²) in [7, 11) is -4.41. The van der Waals surface area contributed by atoms with E-state index in [2.05, 4.69) is 41.2 Å². The van der Waals surface area contributed by atoms with Gasteiger partial charge in [0.15, 0.2) is 0 Å². The number of hydrogen-bond donors (Lipinski definition) is 2. The van der Waals surface area contributed by atoms with Crippen LogP contribution < -0.4 is 0 Å². The fourth-order valence-corrected chi connectivity index (χ4v) is 3.34. The molecule has 0 aromatic heterocycles. The molecule has 0 bridgehead atoms. The lowest BCUT2D eigenvalue weighted by Crippen LogP contribution is -2.27. The molecule has 0 unspecified atom stereocenters. The topological polar surface area (TPSA) is 66.8 Å². The van der Waals surface area contributed by atoms with Gasteiger partial charge >= 0.3 is 7.60 Å². The minimum Gasteiger partial charge on any atom is -0.492 e. The predicted molar refractivity (Wildman–Crippen MR) is 97.1 cm³/mol. The van der Waals surface area contributed by atoms with Crippen molar-refractivity contribution in [2.24, 2.45) is 10.8 Å². The average molecular weight is 344 g/mol. The van der Waals surface area contributed by atoms with E-state index in [9.17, 15) is 14.4 Å². The standard InChI is InChI=1S/C18H33O4P/c1-8-11-15(16(12-9-2)23(19,20)21)22-14-18(6,7)13-17(4,5)10-3/h9,11-12H,2,8,10,13-14H2,1,3-7H3,(H2,19,20,21)/b15-11+,16-12+. The van der Waals surface area contributed by atoms with Gasteiger partial charge in [0.25, 0.3) is 0 Å². The third-order valence-electron chi connectivity index (χ3n) is 3.76. The lowest BCUT2D eigenvalue weighted by Gasteiger charge is -2.34.